The summed E-state index contributed by atoms with van der Waals surface area (Å²) in [6, 6.07) is 2.52. The summed E-state index contributed by atoms with van der Waals surface area (Å²) in [7, 11) is 0. The van der Waals surface area contributed by atoms with Crippen molar-refractivity contribution in [2.45, 2.75) is 6.92 Å². The van der Waals surface area contributed by atoms with E-state index in [1.54, 1.807) is 6.92 Å². The van der Waals surface area contributed by atoms with Gasteiger partial charge in [0, 0.05) is 10.6 Å². The van der Waals surface area contributed by atoms with Gasteiger partial charge in [-0.15, -0.1) is 0 Å². The Labute approximate surface area is 123 Å². The van der Waals surface area contributed by atoms with Gasteiger partial charge >= 0.3 is 5.97 Å². The predicted octanol–water partition coefficient (Wildman–Crippen LogP) is 3.24. The van der Waals surface area contributed by atoms with Crippen molar-refractivity contribution >= 4 is 40.8 Å². The molecule has 0 unspecified atom stereocenters. The van der Waals surface area contributed by atoms with Gasteiger partial charge in [-0.2, -0.15) is 0 Å². The number of hydrogen-bond acceptors (Lipinski definition) is 4. The van der Waals surface area contributed by atoms with E-state index in [-0.39, 0.29) is 27.1 Å². The third-order valence-corrected chi connectivity index (χ3v) is 2.99. The molecule has 0 bridgehead atoms. The van der Waals surface area contributed by atoms with E-state index in [0.29, 0.717) is 5.56 Å². The molecule has 1 aromatic carbocycles. The Hall–Kier alpha value is -2.05. The molecular weight excluding hydrogens is 307 g/mol. The Kier molecular flexibility index (Phi) is 3.96. The van der Waals surface area contributed by atoms with Gasteiger partial charge in [0.1, 0.15) is 0 Å². The second-order valence-electron chi connectivity index (χ2n) is 3.91. The quantitative estimate of drug-likeness (QED) is 0.907. The summed E-state index contributed by atoms with van der Waals surface area (Å²) in [5.74, 6) is -1.93. The molecule has 0 saturated heterocycles. The summed E-state index contributed by atoms with van der Waals surface area (Å²) < 4.78 is 4.78. The molecule has 6 nitrogen and oxygen atoms in total. The number of carboxylic acid groups (broad SMARTS) is 1. The molecule has 104 valence electrons. The summed E-state index contributed by atoms with van der Waals surface area (Å²) in [6.07, 6.45) is 1.37. The molecule has 20 heavy (non-hydrogen) atoms. The van der Waals surface area contributed by atoms with Crippen LogP contribution in [0.25, 0.3) is 0 Å². The van der Waals surface area contributed by atoms with Gasteiger partial charge in [-0.1, -0.05) is 28.4 Å². The maximum Gasteiger partial charge on any atom is 0.337 e. The van der Waals surface area contributed by atoms with Crippen LogP contribution in [0.1, 0.15) is 26.5 Å². The minimum Gasteiger partial charge on any atom is -0.478 e. The van der Waals surface area contributed by atoms with Crippen LogP contribution in [0.3, 0.4) is 0 Å². The molecule has 0 atom stereocenters. The number of amides is 1. The summed E-state index contributed by atoms with van der Waals surface area (Å²) in [5, 5.41) is 15.1. The molecule has 0 aliphatic heterocycles. The maximum atomic E-state index is 12.0. The molecule has 0 fully saturated rings. The third kappa shape index (κ3) is 2.76. The van der Waals surface area contributed by atoms with Crippen molar-refractivity contribution in [1.82, 2.24) is 5.16 Å². The number of anilines is 1. The van der Waals surface area contributed by atoms with E-state index in [0.717, 1.165) is 0 Å². The monoisotopic (exact) mass is 314 g/mol. The van der Waals surface area contributed by atoms with E-state index >= 15 is 0 Å². The fourth-order valence-corrected chi connectivity index (χ4v) is 2.09. The third-order valence-electron chi connectivity index (χ3n) is 2.48. The fourth-order valence-electron chi connectivity index (χ4n) is 1.55. The SMILES string of the molecule is Cc1cnoc1C(=O)Nc1c(Cl)cc(Cl)cc1C(=O)O. The van der Waals surface area contributed by atoms with E-state index in [4.69, 9.17) is 32.8 Å². The highest BCUT2D eigenvalue weighted by Gasteiger charge is 2.20. The molecule has 2 aromatic rings. The van der Waals surface area contributed by atoms with E-state index < -0.39 is 11.9 Å². The number of nitrogens with zero attached hydrogens (tertiary/aromatic N) is 1. The average molecular weight is 315 g/mol. The van der Waals surface area contributed by atoms with Crippen LogP contribution in [-0.4, -0.2) is 22.1 Å². The van der Waals surface area contributed by atoms with E-state index in [1.807, 2.05) is 0 Å². The number of nitrogens with one attached hydrogen (secondary N) is 1. The fraction of sp³-hybridized carbons (Fsp3) is 0.0833. The molecule has 2 N–H and O–H groups in total. The zero-order valence-electron chi connectivity index (χ0n) is 10.1. The van der Waals surface area contributed by atoms with Gasteiger partial charge in [-0.3, -0.25) is 4.79 Å². The molecule has 0 spiro atoms. The number of halogens is 2. The normalized spacial score (nSPS) is 10.3. The van der Waals surface area contributed by atoms with Crippen LogP contribution in [-0.2, 0) is 0 Å². The van der Waals surface area contributed by atoms with E-state index in [9.17, 15) is 9.59 Å². The number of rotatable bonds is 3. The number of aryl methyl sites for hydroxylation is 1. The Bertz CT molecular complexity index is 697. The van der Waals surface area contributed by atoms with Crippen LogP contribution in [0.15, 0.2) is 22.9 Å². The number of aromatic carboxylic acids is 1. The zero-order chi connectivity index (χ0) is 14.9. The molecular formula is C12H8Cl2N2O4. The van der Waals surface area contributed by atoms with Crippen molar-refractivity contribution in [2.24, 2.45) is 0 Å². The standard InChI is InChI=1S/C12H8Cl2N2O4/c1-5-4-15-20-10(5)11(17)16-9-7(12(18)19)2-6(13)3-8(9)14/h2-4H,1H3,(H,16,17)(H,18,19). The van der Waals surface area contributed by atoms with Crippen molar-refractivity contribution < 1.29 is 19.2 Å². The van der Waals surface area contributed by atoms with Crippen molar-refractivity contribution in [3.05, 3.63) is 45.3 Å². The summed E-state index contributed by atoms with van der Waals surface area (Å²) >= 11 is 11.7. The lowest BCUT2D eigenvalue weighted by atomic mass is 10.1. The Balaban J connectivity index is 2.41. The van der Waals surface area contributed by atoms with Gasteiger partial charge in [0.05, 0.1) is 22.5 Å². The van der Waals surface area contributed by atoms with Gasteiger partial charge in [-0.05, 0) is 19.1 Å². The highest BCUT2D eigenvalue weighted by Crippen LogP contribution is 2.30. The molecule has 0 aliphatic rings. The first-order chi connectivity index (χ1) is 9.40. The van der Waals surface area contributed by atoms with Crippen molar-refractivity contribution in [2.75, 3.05) is 5.32 Å². The van der Waals surface area contributed by atoms with Gasteiger partial charge < -0.3 is 14.9 Å². The summed E-state index contributed by atoms with van der Waals surface area (Å²) in [5.41, 5.74) is 0.252. The zero-order valence-corrected chi connectivity index (χ0v) is 11.6. The van der Waals surface area contributed by atoms with Crippen molar-refractivity contribution in [1.29, 1.82) is 0 Å². The number of hydrogen-bond donors (Lipinski definition) is 2. The van der Waals surface area contributed by atoms with Gasteiger partial charge in [-0.25, -0.2) is 4.79 Å². The highest BCUT2D eigenvalue weighted by molar-refractivity contribution is 6.38. The maximum absolute atomic E-state index is 12.0. The molecule has 1 amide bonds. The Morgan fingerprint density at radius 2 is 2.05 bits per heavy atom. The minimum atomic E-state index is -1.26. The Morgan fingerprint density at radius 3 is 2.60 bits per heavy atom. The van der Waals surface area contributed by atoms with Crippen LogP contribution < -0.4 is 5.32 Å². The molecule has 0 radical (unpaired) electrons. The smallest absolute Gasteiger partial charge is 0.337 e. The molecule has 8 heteroatoms. The molecule has 1 aromatic heterocycles. The number of carboxylic acids is 1. The number of benzene rings is 1. The van der Waals surface area contributed by atoms with E-state index in [1.165, 1.54) is 18.3 Å². The number of carbonyl (C=O) groups is 2. The highest BCUT2D eigenvalue weighted by atomic mass is 35.5. The molecule has 0 aliphatic carbocycles. The van der Waals surface area contributed by atoms with E-state index in [2.05, 4.69) is 10.5 Å². The summed E-state index contributed by atoms with van der Waals surface area (Å²) in [4.78, 5) is 23.1. The lowest BCUT2D eigenvalue weighted by Crippen LogP contribution is -2.15. The first-order valence-corrected chi connectivity index (χ1v) is 6.10. The second kappa shape index (κ2) is 5.52. The van der Waals surface area contributed by atoms with Gasteiger partial charge in [0.15, 0.2) is 0 Å². The molecule has 2 rings (SSSR count). The number of carbonyl (C=O) groups excluding carboxylic acids is 1. The largest absolute Gasteiger partial charge is 0.478 e. The van der Waals surface area contributed by atoms with Gasteiger partial charge in [0.2, 0.25) is 5.76 Å². The van der Waals surface area contributed by atoms with Gasteiger partial charge in [0.25, 0.3) is 5.91 Å². The van der Waals surface area contributed by atoms with Crippen molar-refractivity contribution in [3.8, 4) is 0 Å². The van der Waals surface area contributed by atoms with Crippen LogP contribution in [0.4, 0.5) is 5.69 Å². The molecule has 1 heterocycles. The first kappa shape index (κ1) is 14.4. The van der Waals surface area contributed by atoms with Crippen LogP contribution in [0, 0.1) is 6.92 Å². The predicted molar refractivity (Wildman–Crippen MR) is 72.6 cm³/mol. The second-order valence-corrected chi connectivity index (χ2v) is 4.75. The summed E-state index contributed by atoms with van der Waals surface area (Å²) in [6.45, 7) is 1.63. The lowest BCUT2D eigenvalue weighted by molar-refractivity contribution is 0.0698. The average Bonchev–Trinajstić information content (AvgIpc) is 2.78. The van der Waals surface area contributed by atoms with Crippen LogP contribution in [0.2, 0.25) is 10.0 Å². The van der Waals surface area contributed by atoms with Crippen LogP contribution >= 0.6 is 23.2 Å². The molecule has 0 saturated carbocycles. The minimum absolute atomic E-state index is 0.0143. The van der Waals surface area contributed by atoms with Crippen LogP contribution in [0.5, 0.6) is 0 Å². The van der Waals surface area contributed by atoms with Crippen molar-refractivity contribution in [3.63, 3.8) is 0 Å². The number of aromatic nitrogens is 1. The Morgan fingerprint density at radius 1 is 1.35 bits per heavy atom. The first-order valence-electron chi connectivity index (χ1n) is 5.35. The lowest BCUT2D eigenvalue weighted by Gasteiger charge is -2.10. The topological polar surface area (TPSA) is 92.4 Å².